The first kappa shape index (κ1) is 18.3. The van der Waals surface area contributed by atoms with Gasteiger partial charge in [-0.15, -0.1) is 0 Å². The quantitative estimate of drug-likeness (QED) is 0.808. The van der Waals surface area contributed by atoms with E-state index < -0.39 is 6.04 Å². The Hall–Kier alpha value is -2.50. The molecule has 140 valence electrons. The van der Waals surface area contributed by atoms with Gasteiger partial charge in [-0.2, -0.15) is 0 Å². The van der Waals surface area contributed by atoms with E-state index in [4.69, 9.17) is 9.47 Å². The Morgan fingerprint density at radius 2 is 1.92 bits per heavy atom. The van der Waals surface area contributed by atoms with Crippen LogP contribution >= 0.6 is 0 Å². The first-order valence-electron chi connectivity index (χ1n) is 9.11. The molecule has 0 aromatic heterocycles. The largest absolute Gasteiger partial charge is 0.497 e. The lowest BCUT2D eigenvalue weighted by Crippen LogP contribution is -2.45. The Morgan fingerprint density at radius 1 is 1.19 bits per heavy atom. The van der Waals surface area contributed by atoms with Gasteiger partial charge in [-0.1, -0.05) is 25.5 Å². The molecular weight excluding hydrogens is 332 g/mol. The number of amides is 2. The summed E-state index contributed by atoms with van der Waals surface area (Å²) in [5.74, 6) is 0.920. The van der Waals surface area contributed by atoms with Crippen LogP contribution in [-0.4, -0.2) is 25.2 Å². The maximum atomic E-state index is 12.9. The second-order valence-corrected chi connectivity index (χ2v) is 7.14. The summed E-state index contributed by atoms with van der Waals surface area (Å²) in [5, 5.41) is 5.51. The van der Waals surface area contributed by atoms with Crippen LogP contribution in [0, 0.1) is 5.92 Å². The van der Waals surface area contributed by atoms with Crippen LogP contribution in [0.3, 0.4) is 0 Å². The molecule has 0 spiro atoms. The molecule has 6 heteroatoms. The summed E-state index contributed by atoms with van der Waals surface area (Å²) in [6.07, 6.45) is 4.00. The average molecular weight is 358 g/mol. The van der Waals surface area contributed by atoms with Crippen LogP contribution in [0.15, 0.2) is 35.5 Å². The third kappa shape index (κ3) is 4.00. The van der Waals surface area contributed by atoms with Crippen LogP contribution < -0.4 is 15.4 Å². The number of urea groups is 1. The minimum atomic E-state index is -0.539. The lowest BCUT2D eigenvalue weighted by Gasteiger charge is -2.31. The number of methoxy groups -OCH3 is 1. The number of allylic oxidation sites excluding steroid dienone is 1. The number of nitrogens with one attached hydrogen (secondary N) is 2. The Labute approximate surface area is 153 Å². The van der Waals surface area contributed by atoms with Crippen LogP contribution in [-0.2, 0) is 9.53 Å². The van der Waals surface area contributed by atoms with Gasteiger partial charge in [0.2, 0.25) is 0 Å². The first-order chi connectivity index (χ1) is 12.5. The summed E-state index contributed by atoms with van der Waals surface area (Å²) in [6.45, 7) is 3.92. The molecule has 1 fully saturated rings. The van der Waals surface area contributed by atoms with Crippen molar-refractivity contribution in [3.8, 4) is 5.75 Å². The number of carbonyl (C=O) groups excluding carboxylic acids is 2. The number of hydrogen-bond acceptors (Lipinski definition) is 4. The van der Waals surface area contributed by atoms with E-state index in [0.717, 1.165) is 30.6 Å². The maximum Gasteiger partial charge on any atom is 0.338 e. The molecule has 1 aliphatic carbocycles. The molecule has 1 aliphatic heterocycles. The topological polar surface area (TPSA) is 76.7 Å². The SMILES string of the molecule is COc1ccc([C@@H]2NC(=O)NC(C)=C2C(=O)O[C@H]2CCC[C@H](C)C2)cc1. The van der Waals surface area contributed by atoms with Crippen molar-refractivity contribution >= 4 is 12.0 Å². The first-order valence-corrected chi connectivity index (χ1v) is 9.11. The van der Waals surface area contributed by atoms with E-state index in [-0.39, 0.29) is 18.1 Å². The summed E-state index contributed by atoms with van der Waals surface area (Å²) >= 11 is 0. The van der Waals surface area contributed by atoms with Gasteiger partial charge in [-0.25, -0.2) is 9.59 Å². The van der Waals surface area contributed by atoms with Crippen molar-refractivity contribution in [3.05, 3.63) is 41.1 Å². The molecule has 2 N–H and O–H groups in total. The van der Waals surface area contributed by atoms with Crippen molar-refractivity contribution < 1.29 is 19.1 Å². The van der Waals surface area contributed by atoms with E-state index in [1.54, 1.807) is 14.0 Å². The summed E-state index contributed by atoms with van der Waals surface area (Å²) in [7, 11) is 1.60. The van der Waals surface area contributed by atoms with Gasteiger partial charge in [0.25, 0.3) is 0 Å². The van der Waals surface area contributed by atoms with Gasteiger partial charge in [-0.3, -0.25) is 0 Å². The highest BCUT2D eigenvalue weighted by molar-refractivity contribution is 5.95. The molecule has 0 unspecified atom stereocenters. The standard InChI is InChI=1S/C20H26N2O4/c1-12-5-4-6-16(11-12)26-19(23)17-13(2)21-20(24)22-18(17)14-7-9-15(25-3)10-8-14/h7-10,12,16,18H,4-6,11H2,1-3H3,(H2,21,22,24)/t12-,16-,18-/m0/s1. The van der Waals surface area contributed by atoms with E-state index in [1.165, 1.54) is 6.42 Å². The molecule has 0 saturated heterocycles. The zero-order valence-electron chi connectivity index (χ0n) is 15.5. The molecule has 1 aromatic carbocycles. The molecule has 3 rings (SSSR count). The molecule has 26 heavy (non-hydrogen) atoms. The molecule has 2 amide bonds. The summed E-state index contributed by atoms with van der Waals surface area (Å²) in [4.78, 5) is 24.8. The van der Waals surface area contributed by atoms with Crippen LogP contribution in [0.4, 0.5) is 4.79 Å². The summed E-state index contributed by atoms with van der Waals surface area (Å²) in [5.41, 5.74) is 1.79. The van der Waals surface area contributed by atoms with Gasteiger partial charge in [0.15, 0.2) is 0 Å². The fraction of sp³-hybridized carbons (Fsp3) is 0.500. The predicted molar refractivity (Wildman–Crippen MR) is 97.6 cm³/mol. The molecule has 3 atom stereocenters. The smallest absolute Gasteiger partial charge is 0.338 e. The van der Waals surface area contributed by atoms with Crippen LogP contribution in [0.5, 0.6) is 5.75 Å². The minimum absolute atomic E-state index is 0.0549. The van der Waals surface area contributed by atoms with E-state index in [2.05, 4.69) is 17.6 Å². The monoisotopic (exact) mass is 358 g/mol. The van der Waals surface area contributed by atoms with Crippen LogP contribution in [0.25, 0.3) is 0 Å². The molecule has 1 heterocycles. The van der Waals surface area contributed by atoms with E-state index in [0.29, 0.717) is 17.2 Å². The van der Waals surface area contributed by atoms with Gasteiger partial charge in [0.1, 0.15) is 11.9 Å². The maximum absolute atomic E-state index is 12.9. The molecule has 0 radical (unpaired) electrons. The van der Waals surface area contributed by atoms with Crippen molar-refractivity contribution in [1.82, 2.24) is 10.6 Å². The minimum Gasteiger partial charge on any atom is -0.497 e. The van der Waals surface area contributed by atoms with Crippen molar-refractivity contribution in [2.45, 2.75) is 51.7 Å². The predicted octanol–water partition coefficient (Wildman–Crippen LogP) is 3.45. The zero-order valence-corrected chi connectivity index (χ0v) is 15.5. The molecule has 0 bridgehead atoms. The Balaban J connectivity index is 1.83. The number of carbonyl (C=O) groups is 2. The molecule has 2 aliphatic rings. The molecule has 6 nitrogen and oxygen atoms in total. The van der Waals surface area contributed by atoms with Crippen LogP contribution in [0.2, 0.25) is 0 Å². The van der Waals surface area contributed by atoms with Gasteiger partial charge < -0.3 is 20.1 Å². The highest BCUT2D eigenvalue weighted by Crippen LogP contribution is 2.31. The zero-order chi connectivity index (χ0) is 18.7. The highest BCUT2D eigenvalue weighted by atomic mass is 16.5. The normalized spacial score (nSPS) is 26.0. The second-order valence-electron chi connectivity index (χ2n) is 7.14. The summed E-state index contributed by atoms with van der Waals surface area (Å²) in [6, 6.07) is 6.45. The molecule has 1 saturated carbocycles. The number of rotatable bonds is 4. The Morgan fingerprint density at radius 3 is 2.58 bits per heavy atom. The fourth-order valence-electron chi connectivity index (χ4n) is 3.71. The number of benzene rings is 1. The Kier molecular flexibility index (Phi) is 5.49. The number of esters is 1. The van der Waals surface area contributed by atoms with Gasteiger partial charge in [0, 0.05) is 5.70 Å². The summed E-state index contributed by atoms with van der Waals surface area (Å²) < 4.78 is 11.0. The van der Waals surface area contributed by atoms with Crippen molar-refractivity contribution in [3.63, 3.8) is 0 Å². The van der Waals surface area contributed by atoms with Crippen molar-refractivity contribution in [1.29, 1.82) is 0 Å². The van der Waals surface area contributed by atoms with Crippen molar-refractivity contribution in [2.24, 2.45) is 5.92 Å². The second kappa shape index (κ2) is 7.81. The van der Waals surface area contributed by atoms with Crippen LogP contribution in [0.1, 0.15) is 51.1 Å². The lowest BCUT2D eigenvalue weighted by atomic mass is 9.88. The van der Waals surface area contributed by atoms with Gasteiger partial charge in [-0.05, 0) is 49.8 Å². The van der Waals surface area contributed by atoms with E-state index in [9.17, 15) is 9.59 Å². The molecular formula is C20H26N2O4. The lowest BCUT2D eigenvalue weighted by molar-refractivity contribution is -0.146. The van der Waals surface area contributed by atoms with Gasteiger partial charge >= 0.3 is 12.0 Å². The highest BCUT2D eigenvalue weighted by Gasteiger charge is 2.34. The van der Waals surface area contributed by atoms with E-state index >= 15 is 0 Å². The Bertz CT molecular complexity index is 711. The van der Waals surface area contributed by atoms with Crippen molar-refractivity contribution in [2.75, 3.05) is 7.11 Å². The van der Waals surface area contributed by atoms with Gasteiger partial charge in [0.05, 0.1) is 18.7 Å². The number of ether oxygens (including phenoxy) is 2. The number of hydrogen-bond donors (Lipinski definition) is 2. The fourth-order valence-corrected chi connectivity index (χ4v) is 3.71. The third-order valence-electron chi connectivity index (χ3n) is 5.10. The van der Waals surface area contributed by atoms with E-state index in [1.807, 2.05) is 24.3 Å². The third-order valence-corrected chi connectivity index (χ3v) is 5.10. The average Bonchev–Trinajstić information content (AvgIpc) is 2.61. The molecule has 1 aromatic rings.